The minimum absolute atomic E-state index is 0.0625. The van der Waals surface area contributed by atoms with Gasteiger partial charge in [-0.15, -0.1) is 11.3 Å². The largest absolute Gasteiger partial charge is 0.415 e. The predicted molar refractivity (Wildman–Crippen MR) is 69.2 cm³/mol. The summed E-state index contributed by atoms with van der Waals surface area (Å²) in [6.07, 6.45) is -6.90. The lowest BCUT2D eigenvalue weighted by atomic mass is 9.98. The maximum atomic E-state index is 12.2. The number of hydrogen-bond acceptors (Lipinski definition) is 4. The van der Waals surface area contributed by atoms with E-state index in [2.05, 4.69) is 4.98 Å². The number of hydrogen-bond donors (Lipinski definition) is 1. The molecule has 0 radical (unpaired) electrons. The van der Waals surface area contributed by atoms with Crippen LogP contribution in [0.25, 0.3) is 0 Å². The monoisotopic (exact) mass is 296 g/mol. The molecule has 1 unspecified atom stereocenters. The van der Waals surface area contributed by atoms with Crippen LogP contribution in [0, 0.1) is 0 Å². The van der Waals surface area contributed by atoms with Crippen molar-refractivity contribution >= 4 is 11.3 Å². The highest BCUT2D eigenvalue weighted by Crippen LogP contribution is 2.26. The quantitative estimate of drug-likeness (QED) is 0.928. The molecule has 0 aliphatic heterocycles. The van der Waals surface area contributed by atoms with Gasteiger partial charge in [0.2, 0.25) is 0 Å². The number of aliphatic hydroxyl groups is 1. The summed E-state index contributed by atoms with van der Waals surface area (Å²) in [5, 5.41) is 11.8. The Morgan fingerprint density at radius 1 is 1.37 bits per heavy atom. The molecule has 7 heteroatoms. The van der Waals surface area contributed by atoms with Crippen molar-refractivity contribution in [3.05, 3.63) is 16.1 Å². The van der Waals surface area contributed by atoms with E-state index in [1.165, 1.54) is 23.3 Å². The van der Waals surface area contributed by atoms with E-state index >= 15 is 0 Å². The molecule has 1 atom stereocenters. The van der Waals surface area contributed by atoms with Crippen molar-refractivity contribution in [3.63, 3.8) is 0 Å². The SMILES string of the molecule is CN(Cc1csc(C(C)(C)C)n1)CC(O)C(F)(F)F. The van der Waals surface area contributed by atoms with Gasteiger partial charge in [0.15, 0.2) is 6.10 Å². The Morgan fingerprint density at radius 2 is 1.95 bits per heavy atom. The van der Waals surface area contributed by atoms with E-state index in [1.807, 2.05) is 26.2 Å². The lowest BCUT2D eigenvalue weighted by Gasteiger charge is -2.21. The third-order valence-corrected chi connectivity index (χ3v) is 3.80. The first-order chi connectivity index (χ1) is 8.50. The van der Waals surface area contributed by atoms with E-state index in [4.69, 9.17) is 5.11 Å². The lowest BCUT2D eigenvalue weighted by Crippen LogP contribution is -2.39. The average Bonchev–Trinajstić information content (AvgIpc) is 2.63. The van der Waals surface area contributed by atoms with Gasteiger partial charge in [-0.1, -0.05) is 20.8 Å². The summed E-state index contributed by atoms with van der Waals surface area (Å²) in [5.74, 6) is 0. The molecule has 19 heavy (non-hydrogen) atoms. The third-order valence-electron chi connectivity index (χ3n) is 2.49. The Morgan fingerprint density at radius 3 is 2.37 bits per heavy atom. The second kappa shape index (κ2) is 5.76. The van der Waals surface area contributed by atoms with Gasteiger partial charge >= 0.3 is 6.18 Å². The molecule has 0 spiro atoms. The Bertz CT molecular complexity index is 412. The first kappa shape index (κ1) is 16.4. The fourth-order valence-corrected chi connectivity index (χ4v) is 2.36. The normalized spacial score (nSPS) is 15.0. The van der Waals surface area contributed by atoms with E-state index < -0.39 is 18.8 Å². The van der Waals surface area contributed by atoms with Crippen LogP contribution in [0.5, 0.6) is 0 Å². The summed E-state index contributed by atoms with van der Waals surface area (Å²) in [6, 6.07) is 0. The molecule has 1 rings (SSSR count). The number of alkyl halides is 3. The highest BCUT2D eigenvalue weighted by Gasteiger charge is 2.38. The third kappa shape index (κ3) is 5.08. The van der Waals surface area contributed by atoms with Crippen molar-refractivity contribution in [2.75, 3.05) is 13.6 Å². The van der Waals surface area contributed by atoms with Crippen LogP contribution in [0.2, 0.25) is 0 Å². The van der Waals surface area contributed by atoms with Crippen molar-refractivity contribution in [2.45, 2.75) is 45.0 Å². The zero-order valence-corrected chi connectivity index (χ0v) is 12.3. The van der Waals surface area contributed by atoms with Gasteiger partial charge in [0, 0.05) is 23.9 Å². The molecule has 1 aromatic heterocycles. The number of halogens is 3. The predicted octanol–water partition coefficient (Wildman–Crippen LogP) is 2.80. The number of aliphatic hydroxyl groups excluding tert-OH is 1. The van der Waals surface area contributed by atoms with Gasteiger partial charge in [-0.2, -0.15) is 13.2 Å². The van der Waals surface area contributed by atoms with Crippen molar-refractivity contribution in [1.82, 2.24) is 9.88 Å². The number of rotatable bonds is 4. The fraction of sp³-hybridized carbons (Fsp3) is 0.750. The van der Waals surface area contributed by atoms with Crippen molar-refractivity contribution < 1.29 is 18.3 Å². The van der Waals surface area contributed by atoms with Gasteiger partial charge in [-0.05, 0) is 7.05 Å². The van der Waals surface area contributed by atoms with E-state index in [0.29, 0.717) is 6.54 Å². The molecule has 0 aromatic carbocycles. The molecule has 0 fully saturated rings. The molecule has 3 nitrogen and oxygen atoms in total. The highest BCUT2D eigenvalue weighted by atomic mass is 32.1. The minimum atomic E-state index is -4.58. The van der Waals surface area contributed by atoms with Gasteiger partial charge in [-0.25, -0.2) is 4.98 Å². The van der Waals surface area contributed by atoms with Crippen LogP contribution in [0.1, 0.15) is 31.5 Å². The summed E-state index contributed by atoms with van der Waals surface area (Å²) >= 11 is 1.50. The number of thiazole rings is 1. The summed E-state index contributed by atoms with van der Waals surface area (Å²) in [7, 11) is 1.53. The molecule has 0 aliphatic rings. The molecule has 0 saturated carbocycles. The minimum Gasteiger partial charge on any atom is -0.382 e. The molecule has 0 aliphatic carbocycles. The van der Waals surface area contributed by atoms with Gasteiger partial charge in [0.1, 0.15) is 0 Å². The van der Waals surface area contributed by atoms with Gasteiger partial charge < -0.3 is 5.11 Å². The van der Waals surface area contributed by atoms with Crippen molar-refractivity contribution in [1.29, 1.82) is 0 Å². The van der Waals surface area contributed by atoms with Crippen molar-refractivity contribution in [3.8, 4) is 0 Å². The van der Waals surface area contributed by atoms with E-state index in [-0.39, 0.29) is 5.41 Å². The summed E-state index contributed by atoms with van der Waals surface area (Å²) in [6.45, 7) is 5.94. The number of likely N-dealkylation sites (N-methyl/N-ethyl adjacent to an activating group) is 1. The molecule has 1 heterocycles. The Balaban J connectivity index is 2.58. The first-order valence-corrected chi connectivity index (χ1v) is 6.76. The van der Waals surface area contributed by atoms with Gasteiger partial charge in [0.05, 0.1) is 10.7 Å². The second-order valence-corrected chi connectivity index (χ2v) is 6.51. The van der Waals surface area contributed by atoms with Gasteiger partial charge in [0.25, 0.3) is 0 Å². The number of nitrogens with zero attached hydrogens (tertiary/aromatic N) is 2. The van der Waals surface area contributed by atoms with Crippen LogP contribution >= 0.6 is 11.3 Å². The van der Waals surface area contributed by atoms with Crippen LogP contribution in [0.15, 0.2) is 5.38 Å². The Hall–Kier alpha value is -0.660. The standard InChI is InChI=1S/C12H19F3N2OS/c1-11(2,3)10-16-8(7-19-10)5-17(4)6-9(18)12(13,14)15/h7,9,18H,5-6H2,1-4H3. The maximum Gasteiger partial charge on any atom is 0.415 e. The zero-order valence-electron chi connectivity index (χ0n) is 11.5. The van der Waals surface area contributed by atoms with Crippen LogP contribution < -0.4 is 0 Å². The average molecular weight is 296 g/mol. The van der Waals surface area contributed by atoms with E-state index in [9.17, 15) is 13.2 Å². The van der Waals surface area contributed by atoms with Gasteiger partial charge in [-0.3, -0.25) is 4.90 Å². The van der Waals surface area contributed by atoms with Crippen LogP contribution in [-0.2, 0) is 12.0 Å². The first-order valence-electron chi connectivity index (χ1n) is 5.88. The van der Waals surface area contributed by atoms with Crippen LogP contribution in [0.3, 0.4) is 0 Å². The number of aromatic nitrogens is 1. The van der Waals surface area contributed by atoms with Crippen LogP contribution in [-0.4, -0.2) is 40.9 Å². The molecule has 110 valence electrons. The highest BCUT2D eigenvalue weighted by molar-refractivity contribution is 7.09. The maximum absolute atomic E-state index is 12.2. The van der Waals surface area contributed by atoms with E-state index in [0.717, 1.165) is 10.7 Å². The summed E-state index contributed by atoms with van der Waals surface area (Å²) in [5.41, 5.74) is 0.666. The lowest BCUT2D eigenvalue weighted by molar-refractivity contribution is -0.207. The molecule has 0 amide bonds. The molecular formula is C12H19F3N2OS. The molecule has 0 saturated heterocycles. The fourth-order valence-electron chi connectivity index (χ4n) is 1.46. The van der Waals surface area contributed by atoms with E-state index in [1.54, 1.807) is 0 Å². The zero-order chi connectivity index (χ0) is 14.8. The Kier molecular flexibility index (Phi) is 4.97. The molecular weight excluding hydrogens is 277 g/mol. The molecule has 1 aromatic rings. The second-order valence-electron chi connectivity index (χ2n) is 5.65. The summed E-state index contributed by atoms with van der Waals surface area (Å²) < 4.78 is 36.7. The van der Waals surface area contributed by atoms with Crippen molar-refractivity contribution in [2.24, 2.45) is 0 Å². The molecule has 0 bridgehead atoms. The van der Waals surface area contributed by atoms with Crippen LogP contribution in [0.4, 0.5) is 13.2 Å². The summed E-state index contributed by atoms with van der Waals surface area (Å²) in [4.78, 5) is 5.82. The molecule has 1 N–H and O–H groups in total. The Labute approximate surface area is 115 Å². The topological polar surface area (TPSA) is 36.4 Å². The smallest absolute Gasteiger partial charge is 0.382 e.